The van der Waals surface area contributed by atoms with Gasteiger partial charge in [-0.1, -0.05) is 6.07 Å². The fraction of sp³-hybridized carbons (Fsp3) is 0.478. The van der Waals surface area contributed by atoms with Gasteiger partial charge >= 0.3 is 0 Å². The van der Waals surface area contributed by atoms with Crippen molar-refractivity contribution in [3.8, 4) is 23.0 Å². The Morgan fingerprint density at radius 1 is 0.867 bits per heavy atom. The predicted octanol–water partition coefficient (Wildman–Crippen LogP) is 2.99. The Morgan fingerprint density at radius 2 is 1.57 bits per heavy atom. The van der Waals surface area contributed by atoms with E-state index < -0.39 is 6.10 Å². The van der Waals surface area contributed by atoms with E-state index in [9.17, 15) is 5.11 Å². The zero-order valence-corrected chi connectivity index (χ0v) is 18.3. The van der Waals surface area contributed by atoms with Crippen LogP contribution in [0.3, 0.4) is 0 Å². The van der Waals surface area contributed by atoms with Crippen molar-refractivity contribution in [3.05, 3.63) is 48.0 Å². The molecule has 7 heteroatoms. The molecule has 0 aliphatic carbocycles. The van der Waals surface area contributed by atoms with Gasteiger partial charge in [-0.3, -0.25) is 4.90 Å². The van der Waals surface area contributed by atoms with Crippen LogP contribution < -0.4 is 18.9 Å². The van der Waals surface area contributed by atoms with Crippen LogP contribution >= 0.6 is 0 Å². The summed E-state index contributed by atoms with van der Waals surface area (Å²) in [6.45, 7) is 2.82. The Hall–Kier alpha value is -2.48. The SMILES string of the molecule is COCCCN(Cc1ccc(OC)c(OC)c1)C[C@H](O)COc1ccc(OC)cc1. The van der Waals surface area contributed by atoms with E-state index in [1.54, 1.807) is 28.4 Å². The van der Waals surface area contributed by atoms with Gasteiger partial charge in [0, 0.05) is 33.4 Å². The van der Waals surface area contributed by atoms with Crippen LogP contribution in [0, 0.1) is 0 Å². The molecule has 0 fully saturated rings. The van der Waals surface area contributed by atoms with Crippen LogP contribution in [-0.2, 0) is 11.3 Å². The molecule has 0 radical (unpaired) electrons. The lowest BCUT2D eigenvalue weighted by atomic mass is 10.1. The van der Waals surface area contributed by atoms with Gasteiger partial charge in [0.05, 0.1) is 21.3 Å². The van der Waals surface area contributed by atoms with Crippen molar-refractivity contribution in [2.75, 3.05) is 54.7 Å². The molecule has 0 amide bonds. The number of benzene rings is 2. The van der Waals surface area contributed by atoms with Crippen molar-refractivity contribution >= 4 is 0 Å². The number of aliphatic hydroxyl groups is 1. The Morgan fingerprint density at radius 3 is 2.20 bits per heavy atom. The second kappa shape index (κ2) is 13.0. The normalized spacial score (nSPS) is 11.9. The smallest absolute Gasteiger partial charge is 0.161 e. The number of hydrogen-bond donors (Lipinski definition) is 1. The molecule has 0 spiro atoms. The maximum atomic E-state index is 10.5. The van der Waals surface area contributed by atoms with Crippen LogP contribution in [0.4, 0.5) is 0 Å². The third kappa shape index (κ3) is 7.74. The van der Waals surface area contributed by atoms with Crippen molar-refractivity contribution in [3.63, 3.8) is 0 Å². The molecule has 30 heavy (non-hydrogen) atoms. The summed E-state index contributed by atoms with van der Waals surface area (Å²) in [4.78, 5) is 2.18. The van der Waals surface area contributed by atoms with Crippen molar-refractivity contribution in [2.45, 2.75) is 19.1 Å². The van der Waals surface area contributed by atoms with Gasteiger partial charge in [0.15, 0.2) is 11.5 Å². The molecule has 1 N–H and O–H groups in total. The highest BCUT2D eigenvalue weighted by Crippen LogP contribution is 2.28. The Labute approximate surface area is 179 Å². The van der Waals surface area contributed by atoms with Crippen LogP contribution in [-0.4, -0.2) is 70.9 Å². The van der Waals surface area contributed by atoms with Gasteiger partial charge in [-0.05, 0) is 48.4 Å². The molecule has 0 aliphatic rings. The first-order valence-corrected chi connectivity index (χ1v) is 9.96. The molecule has 7 nitrogen and oxygen atoms in total. The van der Waals surface area contributed by atoms with E-state index in [0.717, 1.165) is 24.3 Å². The Bertz CT molecular complexity index is 737. The van der Waals surface area contributed by atoms with E-state index in [2.05, 4.69) is 4.90 Å². The molecule has 0 aliphatic heterocycles. The van der Waals surface area contributed by atoms with Crippen LogP contribution in [0.1, 0.15) is 12.0 Å². The molecule has 0 bridgehead atoms. The Kier molecular flexibility index (Phi) is 10.3. The number of ether oxygens (including phenoxy) is 5. The van der Waals surface area contributed by atoms with E-state index >= 15 is 0 Å². The molecule has 1 atom stereocenters. The lowest BCUT2D eigenvalue weighted by Gasteiger charge is -2.25. The maximum Gasteiger partial charge on any atom is 0.161 e. The molecule has 0 saturated heterocycles. The van der Waals surface area contributed by atoms with E-state index in [-0.39, 0.29) is 6.61 Å². The van der Waals surface area contributed by atoms with Crippen molar-refractivity contribution in [1.82, 2.24) is 4.90 Å². The zero-order chi connectivity index (χ0) is 21.8. The van der Waals surface area contributed by atoms with Crippen LogP contribution in [0.25, 0.3) is 0 Å². The van der Waals surface area contributed by atoms with E-state index in [0.29, 0.717) is 36.9 Å². The second-order valence-corrected chi connectivity index (χ2v) is 6.91. The topological polar surface area (TPSA) is 69.6 Å². The molecule has 2 aromatic rings. The lowest BCUT2D eigenvalue weighted by Crippen LogP contribution is -2.36. The van der Waals surface area contributed by atoms with Gasteiger partial charge in [0.1, 0.15) is 24.2 Å². The first kappa shape index (κ1) is 23.8. The molecular formula is C23H33NO6. The van der Waals surface area contributed by atoms with Gasteiger partial charge in [0.25, 0.3) is 0 Å². The summed E-state index contributed by atoms with van der Waals surface area (Å²) in [6.07, 6.45) is 0.241. The number of hydrogen-bond acceptors (Lipinski definition) is 7. The van der Waals surface area contributed by atoms with E-state index in [1.807, 2.05) is 42.5 Å². The van der Waals surface area contributed by atoms with Crippen LogP contribution in [0.2, 0.25) is 0 Å². The van der Waals surface area contributed by atoms with Gasteiger partial charge in [-0.2, -0.15) is 0 Å². The molecule has 0 heterocycles. The fourth-order valence-corrected chi connectivity index (χ4v) is 3.12. The summed E-state index contributed by atoms with van der Waals surface area (Å²) in [5.41, 5.74) is 1.08. The van der Waals surface area contributed by atoms with Gasteiger partial charge < -0.3 is 28.8 Å². The summed E-state index contributed by atoms with van der Waals surface area (Å²) < 4.78 is 26.7. The Balaban J connectivity index is 1.95. The highest BCUT2D eigenvalue weighted by molar-refractivity contribution is 5.42. The number of aliphatic hydroxyl groups excluding tert-OH is 1. The molecule has 0 unspecified atom stereocenters. The minimum absolute atomic E-state index is 0.207. The number of rotatable bonds is 14. The predicted molar refractivity (Wildman–Crippen MR) is 116 cm³/mol. The largest absolute Gasteiger partial charge is 0.497 e. The number of methoxy groups -OCH3 is 4. The molecule has 166 valence electrons. The minimum atomic E-state index is -0.630. The molecule has 0 aromatic heterocycles. The molecule has 2 aromatic carbocycles. The first-order chi connectivity index (χ1) is 14.6. The highest BCUT2D eigenvalue weighted by Gasteiger charge is 2.15. The van der Waals surface area contributed by atoms with Gasteiger partial charge in [0.2, 0.25) is 0 Å². The summed E-state index contributed by atoms with van der Waals surface area (Å²) >= 11 is 0. The summed E-state index contributed by atoms with van der Waals surface area (Å²) in [6, 6.07) is 13.2. The molecular weight excluding hydrogens is 386 g/mol. The average Bonchev–Trinajstić information content (AvgIpc) is 2.78. The monoisotopic (exact) mass is 419 g/mol. The summed E-state index contributed by atoms with van der Waals surface area (Å²) in [7, 11) is 6.55. The van der Waals surface area contributed by atoms with E-state index in [1.165, 1.54) is 0 Å². The fourth-order valence-electron chi connectivity index (χ4n) is 3.12. The maximum absolute atomic E-state index is 10.5. The van der Waals surface area contributed by atoms with Crippen LogP contribution in [0.15, 0.2) is 42.5 Å². The van der Waals surface area contributed by atoms with Gasteiger partial charge in [-0.15, -0.1) is 0 Å². The zero-order valence-electron chi connectivity index (χ0n) is 18.3. The third-order valence-electron chi connectivity index (χ3n) is 4.65. The second-order valence-electron chi connectivity index (χ2n) is 6.91. The van der Waals surface area contributed by atoms with E-state index in [4.69, 9.17) is 23.7 Å². The third-order valence-corrected chi connectivity index (χ3v) is 4.65. The van der Waals surface area contributed by atoms with Crippen molar-refractivity contribution in [2.24, 2.45) is 0 Å². The quantitative estimate of drug-likeness (QED) is 0.472. The molecule has 0 saturated carbocycles. The summed E-state index contributed by atoms with van der Waals surface area (Å²) in [5.74, 6) is 2.85. The molecule has 2 rings (SSSR count). The average molecular weight is 420 g/mol. The van der Waals surface area contributed by atoms with Crippen LogP contribution in [0.5, 0.6) is 23.0 Å². The van der Waals surface area contributed by atoms with Crippen molar-refractivity contribution < 1.29 is 28.8 Å². The minimum Gasteiger partial charge on any atom is -0.497 e. The highest BCUT2D eigenvalue weighted by atomic mass is 16.5. The lowest BCUT2D eigenvalue weighted by molar-refractivity contribution is 0.0617. The standard InChI is InChI=1S/C23H33NO6/c1-26-13-5-12-24(15-18-6-11-22(28-3)23(14-18)29-4)16-19(25)17-30-21-9-7-20(27-2)8-10-21/h6-11,14,19,25H,5,12-13,15-17H2,1-4H3/t19-/m0/s1. The first-order valence-electron chi connectivity index (χ1n) is 9.96. The van der Waals surface area contributed by atoms with Gasteiger partial charge in [-0.25, -0.2) is 0 Å². The number of nitrogens with zero attached hydrogens (tertiary/aromatic N) is 1. The van der Waals surface area contributed by atoms with Crippen molar-refractivity contribution in [1.29, 1.82) is 0 Å². The summed E-state index contributed by atoms with van der Waals surface area (Å²) in [5, 5.41) is 10.5.